The average molecular weight is 327 g/mol. The number of rotatable bonds is 5. The molecule has 0 spiro atoms. The lowest BCUT2D eigenvalue weighted by atomic mass is 9.96. The van der Waals surface area contributed by atoms with Crippen molar-refractivity contribution in [2.45, 2.75) is 37.3 Å². The summed E-state index contributed by atoms with van der Waals surface area (Å²) in [7, 11) is 1.31. The molecule has 8 heteroatoms. The van der Waals surface area contributed by atoms with Gasteiger partial charge in [-0.3, -0.25) is 0 Å². The van der Waals surface area contributed by atoms with Crippen LogP contribution in [0.2, 0.25) is 0 Å². The summed E-state index contributed by atoms with van der Waals surface area (Å²) in [5, 5.41) is 31.7. The zero-order chi connectivity index (χ0) is 16.8. The predicted octanol–water partition coefficient (Wildman–Crippen LogP) is -0.633. The van der Waals surface area contributed by atoms with Crippen molar-refractivity contribution in [2.75, 3.05) is 13.7 Å². The Bertz CT molecular complexity index is 482. The molecule has 1 fully saturated rings. The van der Waals surface area contributed by atoms with Gasteiger partial charge in [0.05, 0.1) is 12.6 Å². The maximum Gasteiger partial charge on any atom is 0.407 e. The highest BCUT2D eigenvalue weighted by Gasteiger charge is 2.45. The summed E-state index contributed by atoms with van der Waals surface area (Å²) in [4.78, 5) is 11.9. The van der Waals surface area contributed by atoms with E-state index in [2.05, 4.69) is 5.32 Å². The SMILES string of the molecule is CO[C@@H]1O[C@@H](CO)[C@@H](O)[C@@H](NC(=O)OCc2ccccc2)[C@@H]1O. The summed E-state index contributed by atoms with van der Waals surface area (Å²) in [5.41, 5.74) is 0.804. The van der Waals surface area contributed by atoms with Gasteiger partial charge < -0.3 is 34.8 Å². The molecule has 1 aliphatic heterocycles. The molecule has 2 rings (SSSR count). The first-order valence-electron chi connectivity index (χ1n) is 7.19. The number of ether oxygens (including phenoxy) is 3. The molecule has 1 saturated heterocycles. The molecular weight excluding hydrogens is 306 g/mol. The first kappa shape index (κ1) is 17.6. The van der Waals surface area contributed by atoms with Gasteiger partial charge in [0.15, 0.2) is 6.29 Å². The lowest BCUT2D eigenvalue weighted by molar-refractivity contribution is -0.270. The van der Waals surface area contributed by atoms with E-state index in [1.54, 1.807) is 12.1 Å². The first-order valence-corrected chi connectivity index (χ1v) is 7.19. The number of methoxy groups -OCH3 is 1. The van der Waals surface area contributed by atoms with Crippen LogP contribution < -0.4 is 5.32 Å². The molecule has 128 valence electrons. The van der Waals surface area contributed by atoms with Crippen molar-refractivity contribution >= 4 is 6.09 Å². The van der Waals surface area contributed by atoms with Crippen LogP contribution >= 0.6 is 0 Å². The standard InChI is InChI=1S/C15H21NO7/c1-21-14-13(19)11(12(18)10(7-17)23-14)16-15(20)22-8-9-5-3-2-4-6-9/h2-6,10-14,17-19H,7-8H2,1H3,(H,16,20)/t10-,11+,12+,13-,14+/m0/s1. The first-order chi connectivity index (χ1) is 11.1. The molecule has 1 heterocycles. The molecular formula is C15H21NO7. The van der Waals surface area contributed by atoms with Crippen LogP contribution in [0.3, 0.4) is 0 Å². The fraction of sp³-hybridized carbons (Fsp3) is 0.533. The number of hydrogen-bond acceptors (Lipinski definition) is 7. The van der Waals surface area contributed by atoms with Gasteiger partial charge in [-0.15, -0.1) is 0 Å². The maximum absolute atomic E-state index is 11.9. The van der Waals surface area contributed by atoms with Crippen LogP contribution in [-0.2, 0) is 20.8 Å². The second-order valence-electron chi connectivity index (χ2n) is 5.17. The third-order valence-corrected chi connectivity index (χ3v) is 3.61. The molecule has 0 unspecified atom stereocenters. The number of benzene rings is 1. The molecule has 1 aliphatic rings. The van der Waals surface area contributed by atoms with Gasteiger partial charge in [0.1, 0.15) is 24.9 Å². The minimum absolute atomic E-state index is 0.0548. The normalized spacial score (nSPS) is 30.7. The van der Waals surface area contributed by atoms with E-state index >= 15 is 0 Å². The van der Waals surface area contributed by atoms with Gasteiger partial charge in [-0.25, -0.2) is 4.79 Å². The van der Waals surface area contributed by atoms with E-state index in [0.29, 0.717) is 0 Å². The highest BCUT2D eigenvalue weighted by atomic mass is 16.7. The fourth-order valence-electron chi connectivity index (χ4n) is 2.35. The van der Waals surface area contributed by atoms with Crippen molar-refractivity contribution in [3.63, 3.8) is 0 Å². The Labute approximate surface area is 133 Å². The van der Waals surface area contributed by atoms with E-state index in [4.69, 9.17) is 14.2 Å². The maximum atomic E-state index is 11.9. The second-order valence-corrected chi connectivity index (χ2v) is 5.17. The average Bonchev–Trinajstić information content (AvgIpc) is 2.58. The molecule has 0 aliphatic carbocycles. The Morgan fingerprint density at radius 3 is 2.57 bits per heavy atom. The third-order valence-electron chi connectivity index (χ3n) is 3.61. The van der Waals surface area contributed by atoms with Crippen molar-refractivity contribution in [2.24, 2.45) is 0 Å². The van der Waals surface area contributed by atoms with E-state index in [1.165, 1.54) is 7.11 Å². The number of nitrogens with one attached hydrogen (secondary N) is 1. The number of carbonyl (C=O) groups excluding carboxylic acids is 1. The summed E-state index contributed by atoms with van der Waals surface area (Å²) in [6, 6.07) is 7.99. The molecule has 1 amide bonds. The van der Waals surface area contributed by atoms with Gasteiger partial charge in [-0.1, -0.05) is 30.3 Å². The summed E-state index contributed by atoms with van der Waals surface area (Å²) >= 11 is 0. The molecule has 8 nitrogen and oxygen atoms in total. The Balaban J connectivity index is 1.94. The molecule has 0 aromatic heterocycles. The molecule has 0 radical (unpaired) electrons. The number of aliphatic hydroxyl groups is 3. The third kappa shape index (κ3) is 4.40. The number of carbonyl (C=O) groups is 1. The van der Waals surface area contributed by atoms with Crippen molar-refractivity contribution in [1.29, 1.82) is 0 Å². The van der Waals surface area contributed by atoms with Crippen LogP contribution in [0.1, 0.15) is 5.56 Å². The van der Waals surface area contributed by atoms with Gasteiger partial charge in [-0.05, 0) is 5.56 Å². The Hall–Kier alpha value is -1.71. The lowest BCUT2D eigenvalue weighted by Crippen LogP contribution is -2.64. The molecule has 1 aromatic rings. The van der Waals surface area contributed by atoms with Crippen molar-refractivity contribution < 1.29 is 34.3 Å². The molecule has 0 saturated carbocycles. The summed E-state index contributed by atoms with van der Waals surface area (Å²) in [6.45, 7) is -0.426. The molecule has 4 N–H and O–H groups in total. The molecule has 0 bridgehead atoms. The van der Waals surface area contributed by atoms with Gasteiger partial charge in [0.2, 0.25) is 0 Å². The van der Waals surface area contributed by atoms with E-state index in [1.807, 2.05) is 18.2 Å². The van der Waals surface area contributed by atoms with Crippen molar-refractivity contribution in [1.82, 2.24) is 5.32 Å². The Morgan fingerprint density at radius 2 is 1.96 bits per heavy atom. The van der Waals surface area contributed by atoms with E-state index in [9.17, 15) is 20.1 Å². The Kier molecular flexibility index (Phi) is 6.31. The minimum Gasteiger partial charge on any atom is -0.445 e. The van der Waals surface area contributed by atoms with E-state index in [-0.39, 0.29) is 6.61 Å². The van der Waals surface area contributed by atoms with Crippen molar-refractivity contribution in [3.05, 3.63) is 35.9 Å². The van der Waals surface area contributed by atoms with Crippen molar-refractivity contribution in [3.8, 4) is 0 Å². The predicted molar refractivity (Wildman–Crippen MR) is 78.3 cm³/mol. The van der Waals surface area contributed by atoms with Crippen LogP contribution in [0.25, 0.3) is 0 Å². The van der Waals surface area contributed by atoms with Crippen LogP contribution in [0, 0.1) is 0 Å². The van der Waals surface area contributed by atoms with E-state index < -0.39 is 43.3 Å². The fourth-order valence-corrected chi connectivity index (χ4v) is 2.35. The number of aliphatic hydroxyl groups excluding tert-OH is 3. The second kappa shape index (κ2) is 8.23. The van der Waals surface area contributed by atoms with Crippen LogP contribution in [-0.4, -0.2) is 65.8 Å². The van der Waals surface area contributed by atoms with Crippen LogP contribution in [0.5, 0.6) is 0 Å². The quantitative estimate of drug-likeness (QED) is 0.568. The smallest absolute Gasteiger partial charge is 0.407 e. The zero-order valence-corrected chi connectivity index (χ0v) is 12.7. The van der Waals surface area contributed by atoms with Crippen LogP contribution in [0.4, 0.5) is 4.79 Å². The minimum atomic E-state index is -1.30. The van der Waals surface area contributed by atoms with Gasteiger partial charge in [-0.2, -0.15) is 0 Å². The topological polar surface area (TPSA) is 117 Å². The molecule has 1 aromatic carbocycles. The summed E-state index contributed by atoms with van der Waals surface area (Å²) < 4.78 is 15.2. The highest BCUT2D eigenvalue weighted by Crippen LogP contribution is 2.21. The number of hydrogen-bond donors (Lipinski definition) is 4. The lowest BCUT2D eigenvalue weighted by Gasteiger charge is -2.41. The monoisotopic (exact) mass is 327 g/mol. The van der Waals surface area contributed by atoms with Gasteiger partial charge >= 0.3 is 6.09 Å². The zero-order valence-electron chi connectivity index (χ0n) is 12.7. The van der Waals surface area contributed by atoms with E-state index in [0.717, 1.165) is 5.56 Å². The molecule has 5 atom stereocenters. The number of amides is 1. The molecule has 23 heavy (non-hydrogen) atoms. The van der Waals surface area contributed by atoms with Crippen LogP contribution in [0.15, 0.2) is 30.3 Å². The summed E-state index contributed by atoms with van der Waals surface area (Å²) in [6.07, 6.45) is -5.46. The largest absolute Gasteiger partial charge is 0.445 e. The Morgan fingerprint density at radius 1 is 1.26 bits per heavy atom. The number of alkyl carbamates (subject to hydrolysis) is 1. The summed E-state index contributed by atoms with van der Waals surface area (Å²) in [5.74, 6) is 0. The van der Waals surface area contributed by atoms with Gasteiger partial charge in [0.25, 0.3) is 0 Å². The highest BCUT2D eigenvalue weighted by molar-refractivity contribution is 5.67. The van der Waals surface area contributed by atoms with Gasteiger partial charge in [0, 0.05) is 7.11 Å².